The van der Waals surface area contributed by atoms with Crippen molar-refractivity contribution >= 4 is 10.9 Å². The molecule has 0 unspecified atom stereocenters. The number of hydrogen-bond donors (Lipinski definition) is 1. The molecule has 0 spiro atoms. The predicted molar refractivity (Wildman–Crippen MR) is 78.0 cm³/mol. The van der Waals surface area contributed by atoms with Crippen LogP contribution in [0, 0.1) is 5.92 Å². The van der Waals surface area contributed by atoms with Crippen LogP contribution >= 0.6 is 0 Å². The molecule has 0 aliphatic rings. The first-order valence-electron chi connectivity index (χ1n) is 6.71. The molecule has 20 heavy (non-hydrogen) atoms. The van der Waals surface area contributed by atoms with Crippen LogP contribution in [0.25, 0.3) is 22.3 Å². The Morgan fingerprint density at radius 1 is 1.25 bits per heavy atom. The molecule has 2 N–H and O–H groups in total. The maximum absolute atomic E-state index is 6.05. The number of benzene rings is 1. The summed E-state index contributed by atoms with van der Waals surface area (Å²) in [6, 6.07) is 7.92. The highest BCUT2D eigenvalue weighted by molar-refractivity contribution is 5.94. The van der Waals surface area contributed by atoms with Gasteiger partial charge in [0.1, 0.15) is 0 Å². The Bertz CT molecular complexity index is 741. The van der Waals surface area contributed by atoms with E-state index in [1.165, 1.54) is 0 Å². The van der Waals surface area contributed by atoms with E-state index in [1.54, 1.807) is 0 Å². The van der Waals surface area contributed by atoms with Crippen LogP contribution in [0.3, 0.4) is 0 Å². The molecule has 2 aromatic heterocycles. The molecule has 0 bridgehead atoms. The smallest absolute Gasteiger partial charge is 0.244 e. The molecule has 0 radical (unpaired) electrons. The van der Waals surface area contributed by atoms with Gasteiger partial charge in [0.2, 0.25) is 11.7 Å². The molecule has 2 heterocycles. The Morgan fingerprint density at radius 2 is 2.00 bits per heavy atom. The largest absolute Gasteiger partial charge is 0.350 e. The second-order valence-corrected chi connectivity index (χ2v) is 5.40. The van der Waals surface area contributed by atoms with Crippen LogP contribution in [0.15, 0.2) is 35.0 Å². The Labute approximate surface area is 117 Å². The standard InChI is InChI=1S/C15H18N4O/c1-9(2)13(16)15-17-14(18-20-15)11-8-19(3)12-7-5-4-6-10(11)12/h4-9,13H,16H2,1-3H3/t13-/m0/s1. The normalized spacial score (nSPS) is 13.2. The van der Waals surface area contributed by atoms with Gasteiger partial charge in [0.15, 0.2) is 0 Å². The molecule has 104 valence electrons. The molecule has 0 aliphatic heterocycles. The van der Waals surface area contributed by atoms with Gasteiger partial charge in [-0.05, 0) is 12.0 Å². The fraction of sp³-hybridized carbons (Fsp3) is 0.333. The minimum Gasteiger partial charge on any atom is -0.350 e. The predicted octanol–water partition coefficient (Wildman–Crippen LogP) is 2.88. The Hall–Kier alpha value is -2.14. The van der Waals surface area contributed by atoms with Gasteiger partial charge in [-0.3, -0.25) is 0 Å². The lowest BCUT2D eigenvalue weighted by Crippen LogP contribution is -2.16. The third-order valence-electron chi connectivity index (χ3n) is 3.58. The van der Waals surface area contributed by atoms with Crippen LogP contribution in [-0.2, 0) is 7.05 Å². The average molecular weight is 270 g/mol. The van der Waals surface area contributed by atoms with E-state index in [0.717, 1.165) is 16.5 Å². The van der Waals surface area contributed by atoms with E-state index in [4.69, 9.17) is 10.3 Å². The zero-order chi connectivity index (χ0) is 14.3. The van der Waals surface area contributed by atoms with E-state index in [-0.39, 0.29) is 12.0 Å². The molecule has 0 saturated heterocycles. The van der Waals surface area contributed by atoms with Crippen molar-refractivity contribution in [1.29, 1.82) is 0 Å². The zero-order valence-electron chi connectivity index (χ0n) is 11.9. The highest BCUT2D eigenvalue weighted by Gasteiger charge is 2.20. The van der Waals surface area contributed by atoms with Crippen LogP contribution in [-0.4, -0.2) is 14.7 Å². The molecule has 0 aliphatic carbocycles. The van der Waals surface area contributed by atoms with Crippen LogP contribution in [0.5, 0.6) is 0 Å². The molecule has 5 heteroatoms. The molecule has 0 saturated carbocycles. The maximum atomic E-state index is 6.05. The first kappa shape index (κ1) is 12.9. The Kier molecular flexibility index (Phi) is 3.06. The van der Waals surface area contributed by atoms with Gasteiger partial charge >= 0.3 is 0 Å². The highest BCUT2D eigenvalue weighted by Crippen LogP contribution is 2.29. The second-order valence-electron chi connectivity index (χ2n) is 5.40. The molecule has 3 aromatic rings. The number of nitrogens with two attached hydrogens (primary N) is 1. The Balaban J connectivity index is 2.08. The Morgan fingerprint density at radius 3 is 2.75 bits per heavy atom. The fourth-order valence-electron chi connectivity index (χ4n) is 2.29. The van der Waals surface area contributed by atoms with E-state index in [0.29, 0.717) is 11.7 Å². The topological polar surface area (TPSA) is 69.9 Å². The summed E-state index contributed by atoms with van der Waals surface area (Å²) in [7, 11) is 2.01. The number of rotatable bonds is 3. The van der Waals surface area contributed by atoms with Gasteiger partial charge in [0.25, 0.3) is 0 Å². The summed E-state index contributed by atoms with van der Waals surface area (Å²) in [6.07, 6.45) is 2.01. The van der Waals surface area contributed by atoms with Crippen molar-refractivity contribution in [1.82, 2.24) is 14.7 Å². The molecule has 5 nitrogen and oxygen atoms in total. The van der Waals surface area contributed by atoms with Crippen LogP contribution < -0.4 is 5.73 Å². The number of aryl methyl sites for hydroxylation is 1. The van der Waals surface area contributed by atoms with Crippen molar-refractivity contribution in [2.45, 2.75) is 19.9 Å². The summed E-state index contributed by atoms with van der Waals surface area (Å²) in [5.74, 6) is 1.34. The molecule has 0 amide bonds. The molecule has 1 atom stereocenters. The summed E-state index contributed by atoms with van der Waals surface area (Å²) in [5.41, 5.74) is 8.15. The van der Waals surface area contributed by atoms with Gasteiger partial charge in [-0.15, -0.1) is 0 Å². The van der Waals surface area contributed by atoms with E-state index in [2.05, 4.69) is 26.8 Å². The minimum absolute atomic E-state index is 0.230. The average Bonchev–Trinajstić information content (AvgIpc) is 3.03. The quantitative estimate of drug-likeness (QED) is 0.794. The van der Waals surface area contributed by atoms with Crippen LogP contribution in [0.1, 0.15) is 25.8 Å². The summed E-state index contributed by atoms with van der Waals surface area (Å²) in [4.78, 5) is 4.45. The summed E-state index contributed by atoms with van der Waals surface area (Å²) >= 11 is 0. The van der Waals surface area contributed by atoms with E-state index >= 15 is 0 Å². The van der Waals surface area contributed by atoms with Crippen molar-refractivity contribution in [2.75, 3.05) is 0 Å². The summed E-state index contributed by atoms with van der Waals surface area (Å²) < 4.78 is 7.36. The zero-order valence-corrected chi connectivity index (χ0v) is 11.9. The molecule has 0 fully saturated rings. The number of para-hydroxylation sites is 1. The van der Waals surface area contributed by atoms with Crippen molar-refractivity contribution in [3.05, 3.63) is 36.4 Å². The highest BCUT2D eigenvalue weighted by atomic mass is 16.5. The van der Waals surface area contributed by atoms with Crippen LogP contribution in [0.4, 0.5) is 0 Å². The second kappa shape index (κ2) is 4.76. The first-order chi connectivity index (χ1) is 9.58. The van der Waals surface area contributed by atoms with E-state index in [9.17, 15) is 0 Å². The van der Waals surface area contributed by atoms with Crippen LogP contribution in [0.2, 0.25) is 0 Å². The molecule has 1 aromatic carbocycles. The lowest BCUT2D eigenvalue weighted by Gasteiger charge is -2.09. The maximum Gasteiger partial charge on any atom is 0.244 e. The van der Waals surface area contributed by atoms with Gasteiger partial charge in [-0.2, -0.15) is 4.98 Å². The number of fused-ring (bicyclic) bond motifs is 1. The molecular weight excluding hydrogens is 252 g/mol. The van der Waals surface area contributed by atoms with E-state index < -0.39 is 0 Å². The SMILES string of the molecule is CC(C)[C@H](N)c1nc(-c2cn(C)c3ccccc23)no1. The van der Waals surface area contributed by atoms with Gasteiger partial charge in [0.05, 0.1) is 6.04 Å². The van der Waals surface area contributed by atoms with Crippen molar-refractivity contribution in [3.8, 4) is 11.4 Å². The minimum atomic E-state index is -0.230. The monoisotopic (exact) mass is 270 g/mol. The fourth-order valence-corrected chi connectivity index (χ4v) is 2.29. The third-order valence-corrected chi connectivity index (χ3v) is 3.58. The lowest BCUT2D eigenvalue weighted by atomic mass is 10.1. The summed E-state index contributed by atoms with van der Waals surface area (Å²) in [5, 5.41) is 5.19. The number of aromatic nitrogens is 3. The summed E-state index contributed by atoms with van der Waals surface area (Å²) in [6.45, 7) is 4.07. The van der Waals surface area contributed by atoms with Gasteiger partial charge in [-0.25, -0.2) is 0 Å². The van der Waals surface area contributed by atoms with Crippen molar-refractivity contribution < 1.29 is 4.52 Å². The lowest BCUT2D eigenvalue weighted by molar-refractivity contribution is 0.325. The van der Waals surface area contributed by atoms with E-state index in [1.807, 2.05) is 39.2 Å². The number of nitrogens with zero attached hydrogens (tertiary/aromatic N) is 3. The first-order valence-corrected chi connectivity index (χ1v) is 6.71. The third kappa shape index (κ3) is 2.00. The van der Waals surface area contributed by atoms with Gasteiger partial charge < -0.3 is 14.8 Å². The van der Waals surface area contributed by atoms with Gasteiger partial charge in [0, 0.05) is 29.7 Å². The van der Waals surface area contributed by atoms with Gasteiger partial charge in [-0.1, -0.05) is 37.2 Å². The van der Waals surface area contributed by atoms with Crippen molar-refractivity contribution in [2.24, 2.45) is 18.7 Å². The molecule has 3 rings (SSSR count). The number of hydrogen-bond acceptors (Lipinski definition) is 4. The molecular formula is C15H18N4O. The van der Waals surface area contributed by atoms with Crippen molar-refractivity contribution in [3.63, 3.8) is 0 Å².